The minimum atomic E-state index is -4.40. The minimum Gasteiger partial charge on any atom is -0.353 e. The second-order valence-corrected chi connectivity index (χ2v) is 5.56. The lowest BCUT2D eigenvalue weighted by Crippen LogP contribution is -2.43. The van der Waals surface area contributed by atoms with E-state index in [4.69, 9.17) is 0 Å². The monoisotopic (exact) mass is 343 g/mol. The van der Waals surface area contributed by atoms with Crippen molar-refractivity contribution in [2.24, 2.45) is 5.92 Å². The van der Waals surface area contributed by atoms with Gasteiger partial charge in [-0.2, -0.15) is 13.2 Å². The Balaban J connectivity index is 1.85. The highest BCUT2D eigenvalue weighted by atomic mass is 19.4. The van der Waals surface area contributed by atoms with Crippen molar-refractivity contribution in [3.63, 3.8) is 0 Å². The van der Waals surface area contributed by atoms with E-state index < -0.39 is 35.6 Å². The van der Waals surface area contributed by atoms with Crippen LogP contribution in [0, 0.1) is 5.92 Å². The van der Waals surface area contributed by atoms with Gasteiger partial charge in [0.05, 0.1) is 5.56 Å². The summed E-state index contributed by atoms with van der Waals surface area (Å²) >= 11 is 0. The smallest absolute Gasteiger partial charge is 0.353 e. The summed E-state index contributed by atoms with van der Waals surface area (Å²) < 4.78 is 37.5. The zero-order valence-electron chi connectivity index (χ0n) is 12.7. The average Bonchev–Trinajstić information content (AvgIpc) is 2.82. The van der Waals surface area contributed by atoms with Crippen LogP contribution in [0.4, 0.5) is 18.0 Å². The number of nitrogens with one attached hydrogen (secondary N) is 3. The van der Waals surface area contributed by atoms with Crippen LogP contribution in [-0.4, -0.2) is 30.4 Å². The Morgan fingerprint density at radius 3 is 2.38 bits per heavy atom. The number of rotatable bonds is 5. The van der Waals surface area contributed by atoms with E-state index in [1.165, 1.54) is 12.1 Å². The van der Waals surface area contributed by atoms with Crippen LogP contribution in [0.2, 0.25) is 0 Å². The van der Waals surface area contributed by atoms with Crippen molar-refractivity contribution >= 4 is 17.8 Å². The first-order valence-corrected chi connectivity index (χ1v) is 7.22. The summed E-state index contributed by atoms with van der Waals surface area (Å²) in [5.41, 5.74) is -0.149. The van der Waals surface area contributed by atoms with Gasteiger partial charge in [0, 0.05) is 12.5 Å². The van der Waals surface area contributed by atoms with Crippen molar-refractivity contribution < 1.29 is 27.6 Å². The van der Waals surface area contributed by atoms with Crippen LogP contribution in [0.25, 0.3) is 0 Å². The van der Waals surface area contributed by atoms with Gasteiger partial charge in [-0.3, -0.25) is 14.9 Å². The van der Waals surface area contributed by atoms with Crippen molar-refractivity contribution in [3.8, 4) is 0 Å². The van der Waals surface area contributed by atoms with Gasteiger partial charge < -0.3 is 10.6 Å². The Hall–Kier alpha value is -2.58. The summed E-state index contributed by atoms with van der Waals surface area (Å²) in [6, 6.07) is 3.17. The van der Waals surface area contributed by atoms with E-state index in [0.717, 1.165) is 12.1 Å². The molecule has 1 fully saturated rings. The molecule has 1 saturated heterocycles. The van der Waals surface area contributed by atoms with E-state index in [-0.39, 0.29) is 18.9 Å². The van der Waals surface area contributed by atoms with Crippen LogP contribution in [0.5, 0.6) is 0 Å². The fourth-order valence-corrected chi connectivity index (χ4v) is 2.26. The second kappa shape index (κ2) is 6.90. The minimum absolute atomic E-state index is 0.0479. The highest BCUT2D eigenvalue weighted by Gasteiger charge is 2.31. The molecule has 3 N–H and O–H groups in total. The molecule has 1 aromatic carbocycles. The predicted octanol–water partition coefficient (Wildman–Crippen LogP) is 1.21. The maximum absolute atomic E-state index is 12.5. The Labute approximate surface area is 135 Å². The third-order valence-corrected chi connectivity index (χ3v) is 3.61. The number of benzene rings is 1. The number of imide groups is 1. The number of hydrogen-bond acceptors (Lipinski definition) is 3. The van der Waals surface area contributed by atoms with Crippen LogP contribution < -0.4 is 16.0 Å². The summed E-state index contributed by atoms with van der Waals surface area (Å²) in [4.78, 5) is 34.3. The lowest BCUT2D eigenvalue weighted by molar-refractivity contribution is -0.137. The van der Waals surface area contributed by atoms with E-state index in [0.29, 0.717) is 5.56 Å². The molecule has 1 aliphatic heterocycles. The van der Waals surface area contributed by atoms with Crippen LogP contribution in [-0.2, 0) is 22.2 Å². The number of carbonyl (C=O) groups excluding carboxylic acids is 3. The molecule has 0 aromatic heterocycles. The number of amides is 4. The van der Waals surface area contributed by atoms with Crippen molar-refractivity contribution in [2.75, 3.05) is 6.54 Å². The van der Waals surface area contributed by atoms with Gasteiger partial charge in [-0.15, -0.1) is 0 Å². The SMILES string of the molecule is C[C@H](Cc1ccc(C(F)(F)F)cc1)C(=O)NC[C@H]1NC(=O)NC1=O. The van der Waals surface area contributed by atoms with Crippen LogP contribution in [0.1, 0.15) is 18.1 Å². The molecule has 2 atom stereocenters. The van der Waals surface area contributed by atoms with E-state index in [1.54, 1.807) is 6.92 Å². The molecular formula is C15H16F3N3O3. The normalized spacial score (nSPS) is 18.8. The van der Waals surface area contributed by atoms with E-state index in [1.807, 2.05) is 5.32 Å². The maximum Gasteiger partial charge on any atom is 0.416 e. The van der Waals surface area contributed by atoms with Crippen molar-refractivity contribution in [1.29, 1.82) is 0 Å². The van der Waals surface area contributed by atoms with E-state index in [2.05, 4.69) is 10.6 Å². The van der Waals surface area contributed by atoms with Gasteiger partial charge >= 0.3 is 12.2 Å². The molecule has 1 aliphatic rings. The molecule has 24 heavy (non-hydrogen) atoms. The fourth-order valence-electron chi connectivity index (χ4n) is 2.26. The molecule has 1 aromatic rings. The van der Waals surface area contributed by atoms with Crippen LogP contribution in [0.3, 0.4) is 0 Å². The van der Waals surface area contributed by atoms with Gasteiger partial charge in [-0.25, -0.2) is 4.79 Å². The van der Waals surface area contributed by atoms with Crippen LogP contribution >= 0.6 is 0 Å². The summed E-state index contributed by atoms with van der Waals surface area (Å²) in [6.07, 6.45) is -4.14. The number of hydrogen-bond donors (Lipinski definition) is 3. The number of alkyl halides is 3. The Bertz CT molecular complexity index is 644. The molecule has 0 saturated carbocycles. The number of carbonyl (C=O) groups is 3. The zero-order chi connectivity index (χ0) is 17.9. The molecule has 0 unspecified atom stereocenters. The quantitative estimate of drug-likeness (QED) is 0.702. The molecule has 0 radical (unpaired) electrons. The first-order valence-electron chi connectivity index (χ1n) is 7.22. The van der Waals surface area contributed by atoms with Gasteiger partial charge in [0.25, 0.3) is 5.91 Å². The standard InChI is InChI=1S/C15H16F3N3O3/c1-8(6-9-2-4-10(5-3-9)15(16,17)18)12(22)19-7-11-13(23)21-14(24)20-11/h2-5,8,11H,6-7H2,1H3,(H,19,22)(H2,20,21,23,24)/t8-,11-/m1/s1. The lowest BCUT2D eigenvalue weighted by atomic mass is 9.99. The number of halogens is 3. The molecular weight excluding hydrogens is 327 g/mol. The molecule has 6 nitrogen and oxygen atoms in total. The van der Waals surface area contributed by atoms with E-state index in [9.17, 15) is 27.6 Å². The molecule has 1 heterocycles. The molecule has 0 spiro atoms. The fraction of sp³-hybridized carbons (Fsp3) is 0.400. The predicted molar refractivity (Wildman–Crippen MR) is 77.8 cm³/mol. The summed E-state index contributed by atoms with van der Waals surface area (Å²) in [6.45, 7) is 1.58. The second-order valence-electron chi connectivity index (χ2n) is 5.56. The Morgan fingerprint density at radius 1 is 1.25 bits per heavy atom. The van der Waals surface area contributed by atoms with Gasteiger partial charge in [-0.1, -0.05) is 19.1 Å². The highest BCUT2D eigenvalue weighted by Crippen LogP contribution is 2.29. The largest absolute Gasteiger partial charge is 0.416 e. The first-order chi connectivity index (χ1) is 11.2. The van der Waals surface area contributed by atoms with Gasteiger partial charge in [-0.05, 0) is 24.1 Å². The first kappa shape index (κ1) is 17.8. The molecule has 4 amide bonds. The molecule has 130 valence electrons. The summed E-state index contributed by atoms with van der Waals surface area (Å²) in [5, 5.41) is 6.93. The molecule has 2 rings (SSSR count). The summed E-state index contributed by atoms with van der Waals surface area (Å²) in [7, 11) is 0. The summed E-state index contributed by atoms with van der Waals surface area (Å²) in [5.74, 6) is -1.37. The lowest BCUT2D eigenvalue weighted by Gasteiger charge is -2.14. The molecule has 0 aliphatic carbocycles. The molecule has 9 heteroatoms. The van der Waals surface area contributed by atoms with Crippen molar-refractivity contribution in [1.82, 2.24) is 16.0 Å². The Morgan fingerprint density at radius 2 is 1.88 bits per heavy atom. The zero-order valence-corrected chi connectivity index (χ0v) is 12.7. The molecule has 0 bridgehead atoms. The number of urea groups is 1. The van der Waals surface area contributed by atoms with Crippen LogP contribution in [0.15, 0.2) is 24.3 Å². The average molecular weight is 343 g/mol. The van der Waals surface area contributed by atoms with Crippen molar-refractivity contribution in [2.45, 2.75) is 25.6 Å². The third-order valence-electron chi connectivity index (χ3n) is 3.61. The van der Waals surface area contributed by atoms with Gasteiger partial charge in [0.1, 0.15) is 6.04 Å². The third kappa shape index (κ3) is 4.46. The Kier molecular flexibility index (Phi) is 5.10. The topological polar surface area (TPSA) is 87.3 Å². The van der Waals surface area contributed by atoms with Gasteiger partial charge in [0.2, 0.25) is 5.91 Å². The highest BCUT2D eigenvalue weighted by molar-refractivity contribution is 6.04. The van der Waals surface area contributed by atoms with E-state index >= 15 is 0 Å². The van der Waals surface area contributed by atoms with Gasteiger partial charge in [0.15, 0.2) is 0 Å². The van der Waals surface area contributed by atoms with Crippen molar-refractivity contribution in [3.05, 3.63) is 35.4 Å². The maximum atomic E-state index is 12.5.